The number of nitro groups is 1. The highest BCUT2D eigenvalue weighted by atomic mass is 16.6. The number of aliphatic imine (C=N–C) groups is 1. The van der Waals surface area contributed by atoms with Gasteiger partial charge in [-0.3, -0.25) is 19.9 Å². The van der Waals surface area contributed by atoms with E-state index in [0.717, 1.165) is 6.42 Å². The van der Waals surface area contributed by atoms with Gasteiger partial charge in [-0.2, -0.15) is 0 Å². The van der Waals surface area contributed by atoms with Gasteiger partial charge in [0.25, 0.3) is 0 Å². The minimum Gasteiger partial charge on any atom is -0.292 e. The monoisotopic (exact) mass is 186 g/mol. The second kappa shape index (κ2) is 5.40. The van der Waals surface area contributed by atoms with Crippen LogP contribution in [0.1, 0.15) is 27.2 Å². The van der Waals surface area contributed by atoms with Gasteiger partial charge in [-0.05, 0) is 13.3 Å². The van der Waals surface area contributed by atoms with Crippen LogP contribution in [0.25, 0.3) is 0 Å². The van der Waals surface area contributed by atoms with Crippen LogP contribution in [0, 0.1) is 10.1 Å². The molecule has 0 radical (unpaired) electrons. The molecule has 0 heterocycles. The maximum atomic E-state index is 10.9. The molecule has 0 aliphatic rings. The molecule has 0 aliphatic carbocycles. The van der Waals surface area contributed by atoms with E-state index in [4.69, 9.17) is 0 Å². The molecule has 0 fully saturated rings. The minimum atomic E-state index is -1.26. The smallest absolute Gasteiger partial charge is 0.292 e. The van der Waals surface area contributed by atoms with E-state index in [2.05, 4.69) is 4.99 Å². The van der Waals surface area contributed by atoms with Crippen molar-refractivity contribution in [1.29, 1.82) is 0 Å². The predicted molar refractivity (Wildman–Crippen MR) is 49.7 cm³/mol. The van der Waals surface area contributed by atoms with Crippen LogP contribution in [0.15, 0.2) is 4.99 Å². The fourth-order valence-corrected chi connectivity index (χ4v) is 0.970. The second-order valence-electron chi connectivity index (χ2n) is 2.82. The zero-order valence-electron chi connectivity index (χ0n) is 8.11. The number of carbonyl (C=O) groups excluding carboxylic acids is 1. The molecule has 0 amide bonds. The van der Waals surface area contributed by atoms with E-state index in [-0.39, 0.29) is 0 Å². The Kier molecular flexibility index (Phi) is 4.87. The van der Waals surface area contributed by atoms with Gasteiger partial charge in [-0.15, -0.1) is 0 Å². The number of hydrogen-bond donors (Lipinski definition) is 0. The van der Waals surface area contributed by atoms with Crippen molar-refractivity contribution >= 4 is 11.5 Å². The van der Waals surface area contributed by atoms with Crippen molar-refractivity contribution in [1.82, 2.24) is 0 Å². The van der Waals surface area contributed by atoms with Gasteiger partial charge in [-0.25, -0.2) is 0 Å². The Hall–Kier alpha value is -1.26. The number of hydrogen-bond acceptors (Lipinski definition) is 4. The standard InChI is InChI=1S/C8H14N2O3/c1-4-5-9-6(2)8(7(3)11)10(12)13/h8H,4-5H2,1-3H3/b9-6+. The van der Waals surface area contributed by atoms with E-state index in [1.54, 1.807) is 0 Å². The zero-order chi connectivity index (χ0) is 10.4. The molecule has 13 heavy (non-hydrogen) atoms. The van der Waals surface area contributed by atoms with Gasteiger partial charge >= 0.3 is 6.04 Å². The fourth-order valence-electron chi connectivity index (χ4n) is 0.970. The summed E-state index contributed by atoms with van der Waals surface area (Å²) in [4.78, 5) is 24.7. The lowest BCUT2D eigenvalue weighted by Gasteiger charge is -2.04. The van der Waals surface area contributed by atoms with E-state index in [1.165, 1.54) is 13.8 Å². The van der Waals surface area contributed by atoms with Crippen molar-refractivity contribution in [3.63, 3.8) is 0 Å². The molecule has 0 aromatic carbocycles. The Labute approximate surface area is 77.0 Å². The third kappa shape index (κ3) is 3.78. The number of nitrogens with zero attached hydrogens (tertiary/aromatic N) is 2. The lowest BCUT2D eigenvalue weighted by Crippen LogP contribution is -2.34. The quantitative estimate of drug-likeness (QED) is 0.366. The maximum absolute atomic E-state index is 10.9. The molecule has 74 valence electrons. The largest absolute Gasteiger partial charge is 0.307 e. The Morgan fingerprint density at radius 3 is 2.38 bits per heavy atom. The Balaban J connectivity index is 4.55. The molecule has 0 rings (SSSR count). The molecule has 0 aliphatic heterocycles. The van der Waals surface area contributed by atoms with E-state index in [0.29, 0.717) is 12.3 Å². The van der Waals surface area contributed by atoms with E-state index < -0.39 is 16.7 Å². The molecule has 0 aromatic heterocycles. The van der Waals surface area contributed by atoms with Gasteiger partial charge in [0.2, 0.25) is 5.78 Å². The number of rotatable bonds is 5. The SMILES string of the molecule is CCC/N=C(\C)C(C(C)=O)[N+](=O)[O-]. The van der Waals surface area contributed by atoms with Crippen LogP contribution >= 0.6 is 0 Å². The van der Waals surface area contributed by atoms with Gasteiger partial charge in [0.15, 0.2) is 0 Å². The second-order valence-corrected chi connectivity index (χ2v) is 2.82. The molecule has 0 saturated heterocycles. The molecule has 1 unspecified atom stereocenters. The molecular weight excluding hydrogens is 172 g/mol. The van der Waals surface area contributed by atoms with Crippen LogP contribution in [0.2, 0.25) is 0 Å². The van der Waals surface area contributed by atoms with Crippen molar-refractivity contribution in [2.75, 3.05) is 6.54 Å². The van der Waals surface area contributed by atoms with Crippen LogP contribution in [0.4, 0.5) is 0 Å². The summed E-state index contributed by atoms with van der Waals surface area (Å²) in [7, 11) is 0. The van der Waals surface area contributed by atoms with E-state index in [9.17, 15) is 14.9 Å². The topological polar surface area (TPSA) is 72.6 Å². The van der Waals surface area contributed by atoms with Gasteiger partial charge in [0.1, 0.15) is 0 Å². The highest BCUT2D eigenvalue weighted by Gasteiger charge is 2.28. The highest BCUT2D eigenvalue weighted by molar-refractivity contribution is 6.05. The van der Waals surface area contributed by atoms with Crippen molar-refractivity contribution in [3.8, 4) is 0 Å². The first kappa shape index (κ1) is 11.7. The van der Waals surface area contributed by atoms with Crippen LogP contribution in [-0.2, 0) is 4.79 Å². The summed E-state index contributed by atoms with van der Waals surface area (Å²) in [5.74, 6) is -0.470. The molecule has 0 bridgehead atoms. The Bertz CT molecular complexity index is 222. The maximum Gasteiger partial charge on any atom is 0.307 e. The summed E-state index contributed by atoms with van der Waals surface area (Å²) in [6.07, 6.45) is 0.819. The number of Topliss-reactive ketones (excluding diaryl/α,β-unsaturated/α-hetero) is 1. The van der Waals surface area contributed by atoms with Gasteiger partial charge in [0.05, 0.1) is 5.71 Å². The lowest BCUT2D eigenvalue weighted by molar-refractivity contribution is -0.488. The first-order valence-corrected chi connectivity index (χ1v) is 4.15. The molecule has 0 N–H and O–H groups in total. The van der Waals surface area contributed by atoms with Crippen LogP contribution in [-0.4, -0.2) is 29.0 Å². The molecule has 5 heteroatoms. The number of ketones is 1. The summed E-state index contributed by atoms with van der Waals surface area (Å²) in [6.45, 7) is 5.18. The first-order valence-electron chi connectivity index (χ1n) is 4.15. The molecule has 0 aromatic rings. The highest BCUT2D eigenvalue weighted by Crippen LogP contribution is 1.97. The summed E-state index contributed by atoms with van der Waals surface area (Å²) < 4.78 is 0. The summed E-state index contributed by atoms with van der Waals surface area (Å²) in [5, 5.41) is 10.4. The summed E-state index contributed by atoms with van der Waals surface area (Å²) in [5.41, 5.74) is 0.291. The average molecular weight is 186 g/mol. The van der Waals surface area contributed by atoms with Gasteiger partial charge < -0.3 is 0 Å². The Morgan fingerprint density at radius 1 is 1.54 bits per heavy atom. The van der Waals surface area contributed by atoms with Crippen LogP contribution in [0.3, 0.4) is 0 Å². The van der Waals surface area contributed by atoms with E-state index in [1.807, 2.05) is 6.92 Å². The lowest BCUT2D eigenvalue weighted by atomic mass is 10.1. The van der Waals surface area contributed by atoms with Crippen molar-refractivity contribution < 1.29 is 9.72 Å². The molecule has 1 atom stereocenters. The average Bonchev–Trinajstić information content (AvgIpc) is 1.99. The van der Waals surface area contributed by atoms with Crippen molar-refractivity contribution in [3.05, 3.63) is 10.1 Å². The van der Waals surface area contributed by atoms with Crippen molar-refractivity contribution in [2.24, 2.45) is 4.99 Å². The third-order valence-corrected chi connectivity index (χ3v) is 1.58. The summed E-state index contributed by atoms with van der Waals surface area (Å²) in [6, 6.07) is -1.26. The number of carbonyl (C=O) groups is 1. The summed E-state index contributed by atoms with van der Waals surface area (Å²) >= 11 is 0. The normalized spacial score (nSPS) is 13.9. The molecule has 5 nitrogen and oxygen atoms in total. The van der Waals surface area contributed by atoms with Crippen molar-refractivity contribution in [2.45, 2.75) is 33.2 Å². The first-order chi connectivity index (χ1) is 6.00. The van der Waals surface area contributed by atoms with E-state index >= 15 is 0 Å². The predicted octanol–water partition coefficient (Wildman–Crippen LogP) is 1.09. The molecule has 0 spiro atoms. The third-order valence-electron chi connectivity index (χ3n) is 1.58. The molecule has 0 saturated carbocycles. The van der Waals surface area contributed by atoms with Gasteiger partial charge in [-0.1, -0.05) is 6.92 Å². The minimum absolute atomic E-state index is 0.291. The Morgan fingerprint density at radius 2 is 2.08 bits per heavy atom. The zero-order valence-corrected chi connectivity index (χ0v) is 8.11. The van der Waals surface area contributed by atoms with Gasteiger partial charge in [0, 0.05) is 18.4 Å². The van der Waals surface area contributed by atoms with Crippen LogP contribution < -0.4 is 0 Å². The van der Waals surface area contributed by atoms with Crippen LogP contribution in [0.5, 0.6) is 0 Å². The molecular formula is C8H14N2O3. The fraction of sp³-hybridized carbons (Fsp3) is 0.750.